The first kappa shape index (κ1) is 13.1. The maximum Gasteiger partial charge on any atom is 0.123 e. The van der Waals surface area contributed by atoms with Gasteiger partial charge in [0.2, 0.25) is 0 Å². The van der Waals surface area contributed by atoms with E-state index in [0.717, 1.165) is 16.7 Å². The van der Waals surface area contributed by atoms with Crippen LogP contribution in [-0.4, -0.2) is 7.05 Å². The smallest absolute Gasteiger partial charge is 0.123 e. The average molecular weight is 264 g/mol. The fourth-order valence-corrected chi connectivity index (χ4v) is 2.34. The molecular formula is C15H15ClFN. The summed E-state index contributed by atoms with van der Waals surface area (Å²) < 4.78 is 13.5. The van der Waals surface area contributed by atoms with E-state index in [9.17, 15) is 4.39 Å². The van der Waals surface area contributed by atoms with Crippen molar-refractivity contribution in [1.82, 2.24) is 5.32 Å². The van der Waals surface area contributed by atoms with Crippen LogP contribution in [0.5, 0.6) is 0 Å². The molecule has 0 amide bonds. The molecule has 0 spiro atoms. The maximum atomic E-state index is 13.5. The molecule has 1 N–H and O–H groups in total. The Labute approximate surface area is 112 Å². The molecule has 1 unspecified atom stereocenters. The molecule has 94 valence electrons. The molecule has 3 heteroatoms. The summed E-state index contributed by atoms with van der Waals surface area (Å²) in [5.41, 5.74) is 2.83. The van der Waals surface area contributed by atoms with E-state index < -0.39 is 0 Å². The Kier molecular flexibility index (Phi) is 4.00. The van der Waals surface area contributed by atoms with Crippen LogP contribution >= 0.6 is 11.6 Å². The first-order valence-corrected chi connectivity index (χ1v) is 6.18. The monoisotopic (exact) mass is 263 g/mol. The Morgan fingerprint density at radius 3 is 2.50 bits per heavy atom. The number of halogens is 2. The molecule has 0 aliphatic heterocycles. The van der Waals surface area contributed by atoms with E-state index in [-0.39, 0.29) is 11.9 Å². The molecule has 2 rings (SSSR count). The van der Waals surface area contributed by atoms with Crippen LogP contribution in [0.15, 0.2) is 42.5 Å². The van der Waals surface area contributed by atoms with Crippen LogP contribution in [-0.2, 0) is 0 Å². The van der Waals surface area contributed by atoms with E-state index in [4.69, 9.17) is 11.6 Å². The van der Waals surface area contributed by atoms with Gasteiger partial charge in [0.15, 0.2) is 0 Å². The summed E-state index contributed by atoms with van der Waals surface area (Å²) in [5, 5.41) is 3.87. The van der Waals surface area contributed by atoms with Gasteiger partial charge in [0, 0.05) is 5.02 Å². The third-order valence-electron chi connectivity index (χ3n) is 2.87. The Morgan fingerprint density at radius 2 is 1.89 bits per heavy atom. The van der Waals surface area contributed by atoms with Gasteiger partial charge in [-0.2, -0.15) is 0 Å². The van der Waals surface area contributed by atoms with Gasteiger partial charge in [-0.3, -0.25) is 0 Å². The summed E-state index contributed by atoms with van der Waals surface area (Å²) in [6, 6.07) is 12.6. The Bertz CT molecular complexity index is 534. The van der Waals surface area contributed by atoms with E-state index in [1.807, 2.05) is 44.3 Å². The van der Waals surface area contributed by atoms with Crippen molar-refractivity contribution in [2.24, 2.45) is 0 Å². The zero-order valence-electron chi connectivity index (χ0n) is 10.4. The minimum Gasteiger partial charge on any atom is -0.309 e. The molecule has 2 aromatic rings. The molecule has 18 heavy (non-hydrogen) atoms. The third-order valence-corrected chi connectivity index (χ3v) is 3.10. The summed E-state index contributed by atoms with van der Waals surface area (Å²) in [5.74, 6) is -0.215. The van der Waals surface area contributed by atoms with Gasteiger partial charge in [-0.25, -0.2) is 4.39 Å². The highest BCUT2D eigenvalue weighted by Crippen LogP contribution is 2.25. The van der Waals surface area contributed by atoms with Crippen LogP contribution in [0.1, 0.15) is 22.7 Å². The first-order chi connectivity index (χ1) is 8.60. The van der Waals surface area contributed by atoms with Crippen molar-refractivity contribution in [1.29, 1.82) is 0 Å². The molecule has 0 aliphatic carbocycles. The largest absolute Gasteiger partial charge is 0.309 e. The normalized spacial score (nSPS) is 12.4. The van der Waals surface area contributed by atoms with Gasteiger partial charge >= 0.3 is 0 Å². The van der Waals surface area contributed by atoms with Crippen molar-refractivity contribution < 1.29 is 4.39 Å². The van der Waals surface area contributed by atoms with Crippen molar-refractivity contribution in [3.63, 3.8) is 0 Å². The van der Waals surface area contributed by atoms with Crippen LogP contribution in [0, 0.1) is 12.7 Å². The van der Waals surface area contributed by atoms with Crippen molar-refractivity contribution >= 4 is 11.6 Å². The van der Waals surface area contributed by atoms with Crippen LogP contribution in [0.25, 0.3) is 0 Å². The predicted octanol–water partition coefficient (Wildman–Crippen LogP) is 4.10. The molecule has 1 atom stereocenters. The number of nitrogens with one attached hydrogen (secondary N) is 1. The van der Waals surface area contributed by atoms with Crippen molar-refractivity contribution in [3.05, 3.63) is 70.0 Å². The van der Waals surface area contributed by atoms with Crippen molar-refractivity contribution in [3.8, 4) is 0 Å². The molecule has 0 aliphatic rings. The quantitative estimate of drug-likeness (QED) is 0.879. The predicted molar refractivity (Wildman–Crippen MR) is 73.5 cm³/mol. The Hall–Kier alpha value is -1.38. The minimum atomic E-state index is -0.215. The highest BCUT2D eigenvalue weighted by Gasteiger charge is 2.13. The molecule has 0 bridgehead atoms. The third kappa shape index (κ3) is 2.89. The number of rotatable bonds is 3. The Morgan fingerprint density at radius 1 is 1.11 bits per heavy atom. The lowest BCUT2D eigenvalue weighted by Crippen LogP contribution is -2.18. The zero-order chi connectivity index (χ0) is 13.1. The SMILES string of the molecule is CNC(c1cc(C)cc(F)c1)c1cccc(Cl)c1. The second kappa shape index (κ2) is 5.51. The van der Waals surface area contributed by atoms with Gasteiger partial charge in [0.25, 0.3) is 0 Å². The molecule has 0 heterocycles. The van der Waals surface area contributed by atoms with E-state index >= 15 is 0 Å². The lowest BCUT2D eigenvalue weighted by Gasteiger charge is -2.18. The van der Waals surface area contributed by atoms with Gasteiger partial charge in [-0.05, 0) is 54.9 Å². The summed E-state index contributed by atoms with van der Waals surface area (Å²) >= 11 is 5.99. The molecule has 0 fully saturated rings. The molecule has 0 radical (unpaired) electrons. The van der Waals surface area contributed by atoms with E-state index in [1.54, 1.807) is 6.07 Å². The summed E-state index contributed by atoms with van der Waals surface area (Å²) in [4.78, 5) is 0. The summed E-state index contributed by atoms with van der Waals surface area (Å²) in [7, 11) is 1.85. The second-order valence-corrected chi connectivity index (χ2v) is 4.78. The molecule has 0 aromatic heterocycles. The van der Waals surface area contributed by atoms with E-state index in [2.05, 4.69) is 5.32 Å². The zero-order valence-corrected chi connectivity index (χ0v) is 11.1. The standard InChI is InChI=1S/C15H15ClFN/c1-10-6-12(9-14(17)7-10)15(18-2)11-4-3-5-13(16)8-11/h3-9,15,18H,1-2H3. The van der Waals surface area contributed by atoms with Crippen LogP contribution in [0.3, 0.4) is 0 Å². The second-order valence-electron chi connectivity index (χ2n) is 4.34. The van der Waals surface area contributed by atoms with Crippen LogP contribution in [0.2, 0.25) is 5.02 Å². The molecular weight excluding hydrogens is 249 g/mol. The molecule has 1 nitrogen and oxygen atoms in total. The fraction of sp³-hybridized carbons (Fsp3) is 0.200. The topological polar surface area (TPSA) is 12.0 Å². The van der Waals surface area contributed by atoms with Gasteiger partial charge < -0.3 is 5.32 Å². The van der Waals surface area contributed by atoms with Gasteiger partial charge in [0.1, 0.15) is 5.82 Å². The number of benzene rings is 2. The van der Waals surface area contributed by atoms with Crippen LogP contribution in [0.4, 0.5) is 4.39 Å². The summed E-state index contributed by atoms with van der Waals surface area (Å²) in [6.07, 6.45) is 0. The lowest BCUT2D eigenvalue weighted by atomic mass is 9.97. The average Bonchev–Trinajstić information content (AvgIpc) is 2.28. The first-order valence-electron chi connectivity index (χ1n) is 5.80. The highest BCUT2D eigenvalue weighted by atomic mass is 35.5. The van der Waals surface area contributed by atoms with Crippen molar-refractivity contribution in [2.75, 3.05) is 7.05 Å². The molecule has 0 saturated heterocycles. The highest BCUT2D eigenvalue weighted by molar-refractivity contribution is 6.30. The molecule has 0 saturated carbocycles. The van der Waals surface area contributed by atoms with E-state index in [0.29, 0.717) is 5.02 Å². The van der Waals surface area contributed by atoms with E-state index in [1.165, 1.54) is 6.07 Å². The molecule has 2 aromatic carbocycles. The number of hydrogen-bond donors (Lipinski definition) is 1. The lowest BCUT2D eigenvalue weighted by molar-refractivity contribution is 0.615. The van der Waals surface area contributed by atoms with Gasteiger partial charge in [0.05, 0.1) is 6.04 Å². The number of aryl methyl sites for hydroxylation is 1. The number of hydrogen-bond acceptors (Lipinski definition) is 1. The Balaban J connectivity index is 2.45. The summed E-state index contributed by atoms with van der Waals surface area (Å²) in [6.45, 7) is 1.89. The maximum absolute atomic E-state index is 13.5. The minimum absolute atomic E-state index is 0.0573. The van der Waals surface area contributed by atoms with Crippen LogP contribution < -0.4 is 5.32 Å². The van der Waals surface area contributed by atoms with Gasteiger partial charge in [-0.1, -0.05) is 29.8 Å². The fourth-order valence-electron chi connectivity index (χ4n) is 2.14. The van der Waals surface area contributed by atoms with Gasteiger partial charge in [-0.15, -0.1) is 0 Å². The van der Waals surface area contributed by atoms with Crippen molar-refractivity contribution in [2.45, 2.75) is 13.0 Å².